The second kappa shape index (κ2) is 9.05. The van der Waals surface area contributed by atoms with Crippen LogP contribution < -0.4 is 10.1 Å². The lowest BCUT2D eigenvalue weighted by Gasteiger charge is -2.38. The maximum atomic E-state index is 12.7. The minimum Gasteiger partial charge on any atom is -0.481 e. The highest BCUT2D eigenvalue weighted by atomic mass is 16.5. The van der Waals surface area contributed by atoms with E-state index < -0.39 is 6.10 Å². The Morgan fingerprint density at radius 1 is 1.11 bits per heavy atom. The average Bonchev–Trinajstić information content (AvgIpc) is 2.73. The highest BCUT2D eigenvalue weighted by Crippen LogP contribution is 2.34. The number of aryl methyl sites for hydroxylation is 1. The maximum Gasteiger partial charge on any atom is 0.260 e. The van der Waals surface area contributed by atoms with Gasteiger partial charge in [-0.25, -0.2) is 0 Å². The molecule has 144 valence electrons. The molecule has 0 aliphatic carbocycles. The van der Waals surface area contributed by atoms with Gasteiger partial charge in [0, 0.05) is 25.2 Å². The number of rotatable bonds is 7. The molecular formula is C23H29NO3. The molecule has 1 aliphatic heterocycles. The number of benzene rings is 2. The van der Waals surface area contributed by atoms with Crippen LogP contribution in [0.3, 0.4) is 0 Å². The van der Waals surface area contributed by atoms with Crippen molar-refractivity contribution in [3.05, 3.63) is 65.7 Å². The number of para-hydroxylation sites is 1. The monoisotopic (exact) mass is 367 g/mol. The number of amides is 1. The molecule has 0 aromatic heterocycles. The van der Waals surface area contributed by atoms with E-state index in [-0.39, 0.29) is 11.3 Å². The number of carbonyl (C=O) groups is 1. The van der Waals surface area contributed by atoms with Gasteiger partial charge in [-0.15, -0.1) is 0 Å². The number of nitrogens with one attached hydrogen (secondary N) is 1. The van der Waals surface area contributed by atoms with Crippen molar-refractivity contribution in [2.24, 2.45) is 0 Å². The molecule has 0 unspecified atom stereocenters. The van der Waals surface area contributed by atoms with Crippen LogP contribution in [-0.2, 0) is 21.4 Å². The van der Waals surface area contributed by atoms with Crippen molar-refractivity contribution in [1.82, 2.24) is 5.32 Å². The van der Waals surface area contributed by atoms with Gasteiger partial charge >= 0.3 is 0 Å². The molecule has 2 aromatic carbocycles. The van der Waals surface area contributed by atoms with Crippen LogP contribution in [0, 0.1) is 0 Å². The number of carbonyl (C=O) groups excluding carboxylic acids is 1. The minimum atomic E-state index is -0.537. The molecule has 0 radical (unpaired) electrons. The van der Waals surface area contributed by atoms with E-state index in [1.54, 1.807) is 6.92 Å². The third kappa shape index (κ3) is 4.69. The Morgan fingerprint density at radius 3 is 2.48 bits per heavy atom. The fourth-order valence-electron chi connectivity index (χ4n) is 3.68. The zero-order valence-electron chi connectivity index (χ0n) is 16.2. The van der Waals surface area contributed by atoms with Crippen LogP contribution in [0.25, 0.3) is 0 Å². The van der Waals surface area contributed by atoms with Crippen molar-refractivity contribution in [3.63, 3.8) is 0 Å². The van der Waals surface area contributed by atoms with Gasteiger partial charge in [0.2, 0.25) is 0 Å². The van der Waals surface area contributed by atoms with Crippen molar-refractivity contribution in [2.45, 2.75) is 44.6 Å². The van der Waals surface area contributed by atoms with Crippen LogP contribution in [0.15, 0.2) is 54.6 Å². The molecule has 1 amide bonds. The van der Waals surface area contributed by atoms with Gasteiger partial charge in [-0.3, -0.25) is 4.79 Å². The molecule has 4 heteroatoms. The quantitative estimate of drug-likeness (QED) is 0.808. The van der Waals surface area contributed by atoms with Gasteiger partial charge in [-0.1, -0.05) is 55.5 Å². The smallest absolute Gasteiger partial charge is 0.260 e. The van der Waals surface area contributed by atoms with Gasteiger partial charge in [0.25, 0.3) is 5.91 Å². The lowest BCUT2D eigenvalue weighted by Crippen LogP contribution is -2.47. The van der Waals surface area contributed by atoms with Crippen LogP contribution in [0.2, 0.25) is 0 Å². The first-order chi connectivity index (χ1) is 13.1. The predicted octanol–water partition coefficient (Wildman–Crippen LogP) is 3.88. The molecule has 1 fully saturated rings. The Balaban J connectivity index is 1.65. The number of ether oxygens (including phenoxy) is 2. The number of hydrogen-bond acceptors (Lipinski definition) is 3. The summed E-state index contributed by atoms with van der Waals surface area (Å²) >= 11 is 0. The molecule has 1 heterocycles. The molecule has 1 N–H and O–H groups in total. The molecule has 1 aliphatic rings. The summed E-state index contributed by atoms with van der Waals surface area (Å²) in [5, 5.41) is 3.13. The van der Waals surface area contributed by atoms with Gasteiger partial charge in [-0.2, -0.15) is 0 Å². The number of hydrogen-bond donors (Lipinski definition) is 1. The molecule has 27 heavy (non-hydrogen) atoms. The second-order valence-corrected chi connectivity index (χ2v) is 7.20. The molecule has 1 atom stereocenters. The molecule has 0 spiro atoms. The third-order valence-corrected chi connectivity index (χ3v) is 5.46. The van der Waals surface area contributed by atoms with E-state index in [4.69, 9.17) is 9.47 Å². The van der Waals surface area contributed by atoms with E-state index in [1.165, 1.54) is 5.56 Å². The summed E-state index contributed by atoms with van der Waals surface area (Å²) in [7, 11) is 0. The van der Waals surface area contributed by atoms with Crippen molar-refractivity contribution in [2.75, 3.05) is 19.8 Å². The van der Waals surface area contributed by atoms with Crippen molar-refractivity contribution < 1.29 is 14.3 Å². The summed E-state index contributed by atoms with van der Waals surface area (Å²) in [5.74, 6) is 0.703. The molecule has 0 saturated carbocycles. The molecule has 1 saturated heterocycles. The molecular weight excluding hydrogens is 338 g/mol. The van der Waals surface area contributed by atoms with Crippen LogP contribution in [-0.4, -0.2) is 31.8 Å². The summed E-state index contributed by atoms with van der Waals surface area (Å²) in [6.45, 7) is 5.94. The van der Waals surface area contributed by atoms with Crippen molar-refractivity contribution >= 4 is 5.91 Å². The first-order valence-electron chi connectivity index (χ1n) is 9.80. The molecule has 0 bridgehead atoms. The maximum absolute atomic E-state index is 12.7. The highest BCUT2D eigenvalue weighted by Gasteiger charge is 2.35. The summed E-state index contributed by atoms with van der Waals surface area (Å²) in [6, 6.07) is 18.3. The van der Waals surface area contributed by atoms with Crippen molar-refractivity contribution in [3.8, 4) is 5.75 Å². The molecule has 3 rings (SSSR count). The van der Waals surface area contributed by atoms with Gasteiger partial charge in [0.15, 0.2) is 6.10 Å². The minimum absolute atomic E-state index is 0.0732. The predicted molar refractivity (Wildman–Crippen MR) is 107 cm³/mol. The van der Waals surface area contributed by atoms with E-state index in [2.05, 4.69) is 36.5 Å². The Labute approximate surface area is 161 Å². The zero-order chi connectivity index (χ0) is 19.1. The van der Waals surface area contributed by atoms with Gasteiger partial charge in [0.05, 0.1) is 0 Å². The Bertz CT molecular complexity index is 738. The fraction of sp³-hybridized carbons (Fsp3) is 0.435. The standard InChI is InChI=1S/C23H29NO3/c1-3-19-9-7-8-12-21(19)27-18(2)22(25)24-17-23(13-15-26-16-14-23)20-10-5-4-6-11-20/h4-12,18H,3,13-17H2,1-2H3,(H,24,25)/t18-/m1/s1. The van der Waals surface area contributed by atoms with E-state index >= 15 is 0 Å². The fourth-order valence-corrected chi connectivity index (χ4v) is 3.68. The summed E-state index contributed by atoms with van der Waals surface area (Å²) in [5.41, 5.74) is 2.30. The summed E-state index contributed by atoms with van der Waals surface area (Å²) < 4.78 is 11.5. The Kier molecular flexibility index (Phi) is 6.51. The normalized spacial score (nSPS) is 17.1. The SMILES string of the molecule is CCc1ccccc1O[C@H](C)C(=O)NCC1(c2ccccc2)CCOCC1. The van der Waals surface area contributed by atoms with Crippen LogP contribution in [0.1, 0.15) is 37.8 Å². The van der Waals surface area contributed by atoms with Crippen LogP contribution in [0.5, 0.6) is 5.75 Å². The largest absolute Gasteiger partial charge is 0.481 e. The third-order valence-electron chi connectivity index (χ3n) is 5.46. The zero-order valence-corrected chi connectivity index (χ0v) is 16.2. The topological polar surface area (TPSA) is 47.6 Å². The first-order valence-corrected chi connectivity index (χ1v) is 9.80. The summed E-state index contributed by atoms with van der Waals surface area (Å²) in [4.78, 5) is 12.7. The van der Waals surface area contributed by atoms with Gasteiger partial charge < -0.3 is 14.8 Å². The molecule has 2 aromatic rings. The summed E-state index contributed by atoms with van der Waals surface area (Å²) in [6.07, 6.45) is 2.16. The van der Waals surface area contributed by atoms with Crippen molar-refractivity contribution in [1.29, 1.82) is 0 Å². The highest BCUT2D eigenvalue weighted by molar-refractivity contribution is 5.80. The lowest BCUT2D eigenvalue weighted by molar-refractivity contribution is -0.127. The second-order valence-electron chi connectivity index (χ2n) is 7.20. The van der Waals surface area contributed by atoms with Gasteiger partial charge in [0.1, 0.15) is 5.75 Å². The Hall–Kier alpha value is -2.33. The van der Waals surface area contributed by atoms with Crippen LogP contribution in [0.4, 0.5) is 0 Å². The van der Waals surface area contributed by atoms with E-state index in [9.17, 15) is 4.79 Å². The lowest BCUT2D eigenvalue weighted by atomic mass is 9.74. The Morgan fingerprint density at radius 2 is 1.78 bits per heavy atom. The molecule has 4 nitrogen and oxygen atoms in total. The average molecular weight is 367 g/mol. The van der Waals surface area contributed by atoms with E-state index in [0.29, 0.717) is 6.54 Å². The van der Waals surface area contributed by atoms with E-state index in [1.807, 2.05) is 30.3 Å². The van der Waals surface area contributed by atoms with E-state index in [0.717, 1.165) is 43.8 Å². The van der Waals surface area contributed by atoms with Crippen LogP contribution >= 0.6 is 0 Å². The first kappa shape index (κ1) is 19.4. The van der Waals surface area contributed by atoms with Gasteiger partial charge in [-0.05, 0) is 43.4 Å².